The summed E-state index contributed by atoms with van der Waals surface area (Å²) >= 11 is 6.06. The van der Waals surface area contributed by atoms with E-state index in [0.29, 0.717) is 5.02 Å². The second-order valence-electron chi connectivity index (χ2n) is 5.19. The van der Waals surface area contributed by atoms with Gasteiger partial charge in [-0.25, -0.2) is 0 Å². The van der Waals surface area contributed by atoms with E-state index in [-0.39, 0.29) is 6.04 Å². The zero-order valence-corrected chi connectivity index (χ0v) is 13.6. The van der Waals surface area contributed by atoms with Crippen LogP contribution < -0.4 is 10.1 Å². The fraction of sp³-hybridized carbons (Fsp3) is 0.333. The summed E-state index contributed by atoms with van der Waals surface area (Å²) in [5.41, 5.74) is 3.74. The molecular weight excluding hydrogens is 282 g/mol. The van der Waals surface area contributed by atoms with Gasteiger partial charge in [0.15, 0.2) is 0 Å². The molecular formula is C18H22ClNO. The van der Waals surface area contributed by atoms with E-state index in [1.54, 1.807) is 7.11 Å². The topological polar surface area (TPSA) is 21.3 Å². The van der Waals surface area contributed by atoms with Crippen LogP contribution >= 0.6 is 11.6 Å². The van der Waals surface area contributed by atoms with Gasteiger partial charge in [-0.1, -0.05) is 54.4 Å². The number of aryl methyl sites for hydroxylation is 1. The van der Waals surface area contributed by atoms with Gasteiger partial charge in [0.05, 0.1) is 7.11 Å². The fourth-order valence-electron chi connectivity index (χ4n) is 2.59. The molecule has 1 unspecified atom stereocenters. The van der Waals surface area contributed by atoms with Gasteiger partial charge in [-0.15, -0.1) is 0 Å². The van der Waals surface area contributed by atoms with Crippen molar-refractivity contribution in [1.82, 2.24) is 5.32 Å². The standard InChI is InChI=1S/C18H22ClNO/c1-4-20-17(11-14-7-5-6-13(2)10-14)16-9-8-15(19)12-18(16)21-3/h5-10,12,17,20H,4,11H2,1-3H3. The van der Waals surface area contributed by atoms with Gasteiger partial charge in [-0.2, -0.15) is 0 Å². The van der Waals surface area contributed by atoms with Gasteiger partial charge in [-0.05, 0) is 37.6 Å². The maximum Gasteiger partial charge on any atom is 0.125 e. The summed E-state index contributed by atoms with van der Waals surface area (Å²) in [4.78, 5) is 0. The molecule has 3 heteroatoms. The van der Waals surface area contributed by atoms with E-state index in [0.717, 1.165) is 24.3 Å². The Kier molecular flexibility index (Phi) is 5.66. The minimum atomic E-state index is 0.212. The highest BCUT2D eigenvalue weighted by Gasteiger charge is 2.16. The first-order valence-electron chi connectivity index (χ1n) is 7.26. The van der Waals surface area contributed by atoms with Crippen molar-refractivity contribution in [2.75, 3.05) is 13.7 Å². The molecule has 0 aliphatic carbocycles. The third kappa shape index (κ3) is 4.23. The van der Waals surface area contributed by atoms with Gasteiger partial charge in [0.1, 0.15) is 5.75 Å². The van der Waals surface area contributed by atoms with Gasteiger partial charge in [-0.3, -0.25) is 0 Å². The van der Waals surface area contributed by atoms with E-state index >= 15 is 0 Å². The Morgan fingerprint density at radius 3 is 2.67 bits per heavy atom. The third-order valence-electron chi connectivity index (χ3n) is 3.54. The second kappa shape index (κ2) is 7.48. The molecule has 2 rings (SSSR count). The molecule has 1 N–H and O–H groups in total. The van der Waals surface area contributed by atoms with Gasteiger partial charge in [0, 0.05) is 16.6 Å². The normalized spacial score (nSPS) is 12.2. The summed E-state index contributed by atoms with van der Waals surface area (Å²) in [6, 6.07) is 14.7. The monoisotopic (exact) mass is 303 g/mol. The molecule has 0 aliphatic rings. The van der Waals surface area contributed by atoms with Gasteiger partial charge in [0.25, 0.3) is 0 Å². The highest BCUT2D eigenvalue weighted by atomic mass is 35.5. The van der Waals surface area contributed by atoms with Crippen molar-refractivity contribution in [3.8, 4) is 5.75 Å². The van der Waals surface area contributed by atoms with Gasteiger partial charge in [0.2, 0.25) is 0 Å². The molecule has 0 saturated heterocycles. The summed E-state index contributed by atoms with van der Waals surface area (Å²) in [6.45, 7) is 5.14. The van der Waals surface area contributed by atoms with E-state index < -0.39 is 0 Å². The Labute approximate surface area is 132 Å². The number of benzene rings is 2. The lowest BCUT2D eigenvalue weighted by atomic mass is 9.97. The molecule has 0 heterocycles. The van der Waals surface area contributed by atoms with E-state index in [4.69, 9.17) is 16.3 Å². The lowest BCUT2D eigenvalue weighted by Crippen LogP contribution is -2.23. The summed E-state index contributed by atoms with van der Waals surface area (Å²) in [5.74, 6) is 0.834. The molecule has 0 aromatic heterocycles. The minimum Gasteiger partial charge on any atom is -0.496 e. The predicted octanol–water partition coefficient (Wildman–Crippen LogP) is 4.55. The molecule has 0 amide bonds. The molecule has 112 valence electrons. The summed E-state index contributed by atoms with van der Waals surface area (Å²) in [6.07, 6.45) is 0.924. The molecule has 21 heavy (non-hydrogen) atoms. The van der Waals surface area contributed by atoms with Crippen molar-refractivity contribution in [3.05, 3.63) is 64.2 Å². The van der Waals surface area contributed by atoms with Crippen LogP contribution in [-0.2, 0) is 6.42 Å². The SMILES string of the molecule is CCNC(Cc1cccc(C)c1)c1ccc(Cl)cc1OC. The molecule has 2 aromatic rings. The molecule has 2 aromatic carbocycles. The van der Waals surface area contributed by atoms with Crippen molar-refractivity contribution in [2.24, 2.45) is 0 Å². The largest absolute Gasteiger partial charge is 0.496 e. The third-order valence-corrected chi connectivity index (χ3v) is 3.78. The first-order chi connectivity index (χ1) is 10.1. The average molecular weight is 304 g/mol. The lowest BCUT2D eigenvalue weighted by Gasteiger charge is -2.21. The van der Waals surface area contributed by atoms with Crippen LogP contribution in [0.4, 0.5) is 0 Å². The number of likely N-dealkylation sites (N-methyl/N-ethyl adjacent to an activating group) is 1. The lowest BCUT2D eigenvalue weighted by molar-refractivity contribution is 0.399. The maximum atomic E-state index is 6.06. The van der Waals surface area contributed by atoms with Crippen LogP contribution in [-0.4, -0.2) is 13.7 Å². The van der Waals surface area contributed by atoms with E-state index in [2.05, 4.69) is 43.4 Å². The van der Waals surface area contributed by atoms with Crippen LogP contribution in [0.3, 0.4) is 0 Å². The van der Waals surface area contributed by atoms with Crippen molar-refractivity contribution in [2.45, 2.75) is 26.3 Å². The molecule has 2 nitrogen and oxygen atoms in total. The quantitative estimate of drug-likeness (QED) is 0.845. The smallest absolute Gasteiger partial charge is 0.125 e. The molecule has 0 saturated carbocycles. The molecule has 0 aliphatic heterocycles. The van der Waals surface area contributed by atoms with Crippen LogP contribution in [0.15, 0.2) is 42.5 Å². The van der Waals surface area contributed by atoms with Crippen LogP contribution in [0.2, 0.25) is 5.02 Å². The zero-order valence-electron chi connectivity index (χ0n) is 12.8. The molecule has 0 bridgehead atoms. The van der Waals surface area contributed by atoms with Crippen LogP contribution in [0.25, 0.3) is 0 Å². The van der Waals surface area contributed by atoms with Crippen molar-refractivity contribution < 1.29 is 4.74 Å². The number of ether oxygens (including phenoxy) is 1. The summed E-state index contributed by atoms with van der Waals surface area (Å²) in [7, 11) is 1.69. The maximum absolute atomic E-state index is 6.06. The molecule has 1 atom stereocenters. The van der Waals surface area contributed by atoms with E-state index in [9.17, 15) is 0 Å². The van der Waals surface area contributed by atoms with E-state index in [1.165, 1.54) is 11.1 Å². The highest BCUT2D eigenvalue weighted by molar-refractivity contribution is 6.30. The average Bonchev–Trinajstić information content (AvgIpc) is 2.47. The Morgan fingerprint density at radius 1 is 1.19 bits per heavy atom. The zero-order chi connectivity index (χ0) is 15.2. The molecule has 0 radical (unpaired) electrons. The first kappa shape index (κ1) is 15.9. The van der Waals surface area contributed by atoms with Crippen molar-refractivity contribution in [1.29, 1.82) is 0 Å². The summed E-state index contributed by atoms with van der Waals surface area (Å²) in [5, 5.41) is 4.23. The van der Waals surface area contributed by atoms with E-state index in [1.807, 2.05) is 18.2 Å². The molecule has 0 spiro atoms. The number of halogens is 1. The predicted molar refractivity (Wildman–Crippen MR) is 89.3 cm³/mol. The number of methoxy groups -OCH3 is 1. The van der Waals surface area contributed by atoms with Gasteiger partial charge < -0.3 is 10.1 Å². The second-order valence-corrected chi connectivity index (χ2v) is 5.63. The Morgan fingerprint density at radius 2 is 2.00 bits per heavy atom. The Bertz CT molecular complexity index is 598. The first-order valence-corrected chi connectivity index (χ1v) is 7.64. The van der Waals surface area contributed by atoms with Crippen molar-refractivity contribution >= 4 is 11.6 Å². The minimum absolute atomic E-state index is 0.212. The van der Waals surface area contributed by atoms with Gasteiger partial charge >= 0.3 is 0 Å². The Hall–Kier alpha value is -1.51. The Balaban J connectivity index is 2.30. The van der Waals surface area contributed by atoms with Crippen LogP contribution in [0, 0.1) is 6.92 Å². The summed E-state index contributed by atoms with van der Waals surface area (Å²) < 4.78 is 5.49. The van der Waals surface area contributed by atoms with Crippen LogP contribution in [0.1, 0.15) is 29.7 Å². The van der Waals surface area contributed by atoms with Crippen molar-refractivity contribution in [3.63, 3.8) is 0 Å². The molecule has 0 fully saturated rings. The fourth-order valence-corrected chi connectivity index (χ4v) is 2.75. The number of hydrogen-bond donors (Lipinski definition) is 1. The highest BCUT2D eigenvalue weighted by Crippen LogP contribution is 2.30. The number of hydrogen-bond acceptors (Lipinski definition) is 2. The van der Waals surface area contributed by atoms with Crippen LogP contribution in [0.5, 0.6) is 5.75 Å². The number of nitrogens with one attached hydrogen (secondary N) is 1. The number of rotatable bonds is 6.